The number of nitro groups is 1. The Balaban J connectivity index is 2.00. The Labute approximate surface area is 184 Å². The SMILES string of the molecule is CC[C@H](C)NC(=O)CC1=CSC2=NC(C)=C(C(=O)OC)[C@H](c3ccc([N+](=O)[O-])cc3)N12. The van der Waals surface area contributed by atoms with Gasteiger partial charge in [-0.1, -0.05) is 18.7 Å². The van der Waals surface area contributed by atoms with E-state index in [0.29, 0.717) is 27.7 Å². The topological polar surface area (TPSA) is 114 Å². The van der Waals surface area contributed by atoms with Crippen molar-refractivity contribution in [1.29, 1.82) is 0 Å². The zero-order chi connectivity index (χ0) is 22.7. The van der Waals surface area contributed by atoms with E-state index in [4.69, 9.17) is 4.74 Å². The number of fused-ring (bicyclic) bond motifs is 1. The molecule has 0 unspecified atom stereocenters. The number of amidine groups is 1. The first-order valence-corrected chi connectivity index (χ1v) is 10.7. The molecule has 0 spiro atoms. The molecular weight excluding hydrogens is 420 g/mol. The number of methoxy groups -OCH3 is 1. The highest BCUT2D eigenvalue weighted by Gasteiger charge is 2.41. The van der Waals surface area contributed by atoms with Gasteiger partial charge in [-0.3, -0.25) is 14.9 Å². The molecule has 9 nitrogen and oxygen atoms in total. The third-order valence-electron chi connectivity index (χ3n) is 5.19. The lowest BCUT2D eigenvalue weighted by molar-refractivity contribution is -0.384. The van der Waals surface area contributed by atoms with Crippen molar-refractivity contribution in [1.82, 2.24) is 10.2 Å². The van der Waals surface area contributed by atoms with Crippen molar-refractivity contribution in [3.05, 3.63) is 62.3 Å². The number of carbonyl (C=O) groups excluding carboxylic acids is 2. The van der Waals surface area contributed by atoms with Crippen molar-refractivity contribution in [2.45, 2.75) is 45.7 Å². The van der Waals surface area contributed by atoms with Crippen LogP contribution in [-0.2, 0) is 14.3 Å². The van der Waals surface area contributed by atoms with Crippen LogP contribution in [0, 0.1) is 10.1 Å². The predicted octanol–water partition coefficient (Wildman–Crippen LogP) is 3.65. The molecule has 10 heteroatoms. The van der Waals surface area contributed by atoms with Crippen LogP contribution in [0.25, 0.3) is 0 Å². The molecule has 0 saturated heterocycles. The number of nitrogens with zero attached hydrogens (tertiary/aromatic N) is 3. The van der Waals surface area contributed by atoms with Crippen molar-refractivity contribution < 1.29 is 19.2 Å². The normalized spacial score (nSPS) is 18.7. The maximum Gasteiger partial charge on any atom is 0.338 e. The average Bonchev–Trinajstić information content (AvgIpc) is 3.13. The summed E-state index contributed by atoms with van der Waals surface area (Å²) in [6.45, 7) is 5.65. The zero-order valence-electron chi connectivity index (χ0n) is 17.7. The lowest BCUT2D eigenvalue weighted by Crippen LogP contribution is -2.39. The van der Waals surface area contributed by atoms with Crippen LogP contribution in [-0.4, -0.2) is 40.0 Å². The fraction of sp³-hybridized carbons (Fsp3) is 0.381. The Kier molecular flexibility index (Phi) is 6.79. The second kappa shape index (κ2) is 9.34. The van der Waals surface area contributed by atoms with Crippen LogP contribution in [0.1, 0.15) is 45.2 Å². The number of allylic oxidation sites excluding steroid dienone is 1. The van der Waals surface area contributed by atoms with Crippen LogP contribution >= 0.6 is 11.8 Å². The standard InChI is InChI=1S/C21H24N4O5S/c1-5-12(2)22-17(26)10-16-11-31-21-23-13(3)18(20(27)30-4)19(24(16)21)14-6-8-15(9-7-14)25(28)29/h6-9,11-12,19H,5,10H2,1-4H3,(H,22,26)/t12-,19-/m0/s1. The third kappa shape index (κ3) is 4.63. The first-order chi connectivity index (χ1) is 14.8. The molecule has 164 valence electrons. The molecule has 0 saturated carbocycles. The maximum absolute atomic E-state index is 12.6. The number of benzene rings is 1. The highest BCUT2D eigenvalue weighted by Crippen LogP contribution is 2.45. The van der Waals surface area contributed by atoms with Crippen LogP contribution in [0.15, 0.2) is 51.6 Å². The maximum atomic E-state index is 12.6. The number of rotatable bonds is 7. The van der Waals surface area contributed by atoms with Crippen molar-refractivity contribution in [3.63, 3.8) is 0 Å². The van der Waals surface area contributed by atoms with Crippen LogP contribution in [0.5, 0.6) is 0 Å². The van der Waals surface area contributed by atoms with Crippen LogP contribution in [0.3, 0.4) is 0 Å². The number of hydrogen-bond acceptors (Lipinski definition) is 8. The van der Waals surface area contributed by atoms with Crippen LogP contribution in [0.2, 0.25) is 0 Å². The van der Waals surface area contributed by atoms with E-state index in [0.717, 1.165) is 6.42 Å². The summed E-state index contributed by atoms with van der Waals surface area (Å²) < 4.78 is 5.00. The van der Waals surface area contributed by atoms with Gasteiger partial charge in [0.2, 0.25) is 5.91 Å². The smallest absolute Gasteiger partial charge is 0.338 e. The van der Waals surface area contributed by atoms with E-state index in [1.54, 1.807) is 19.1 Å². The van der Waals surface area contributed by atoms with Crippen molar-refractivity contribution >= 4 is 34.5 Å². The molecule has 2 aliphatic rings. The fourth-order valence-electron chi connectivity index (χ4n) is 3.43. The molecule has 2 aliphatic heterocycles. The Morgan fingerprint density at radius 1 is 1.35 bits per heavy atom. The van der Waals surface area contributed by atoms with E-state index in [1.165, 1.54) is 31.0 Å². The number of amides is 1. The summed E-state index contributed by atoms with van der Waals surface area (Å²) in [5.41, 5.74) is 2.15. The number of nitrogens with one attached hydrogen (secondary N) is 1. The van der Waals surface area contributed by atoms with Gasteiger partial charge in [0.15, 0.2) is 5.17 Å². The van der Waals surface area contributed by atoms with Crippen molar-refractivity contribution in [2.75, 3.05) is 7.11 Å². The molecule has 0 aliphatic carbocycles. The molecule has 0 bridgehead atoms. The monoisotopic (exact) mass is 444 g/mol. The van der Waals surface area contributed by atoms with Gasteiger partial charge in [-0.25, -0.2) is 9.79 Å². The van der Waals surface area contributed by atoms with Crippen molar-refractivity contribution in [2.24, 2.45) is 4.99 Å². The highest BCUT2D eigenvalue weighted by molar-refractivity contribution is 8.16. The molecule has 0 aromatic heterocycles. The molecule has 1 aromatic rings. The quantitative estimate of drug-likeness (QED) is 0.388. The number of nitro benzene ring substituents is 1. The number of esters is 1. The van der Waals surface area contributed by atoms with Gasteiger partial charge in [0.05, 0.1) is 35.8 Å². The lowest BCUT2D eigenvalue weighted by atomic mass is 9.93. The summed E-state index contributed by atoms with van der Waals surface area (Å²) in [6.07, 6.45) is 0.934. The van der Waals surface area contributed by atoms with Crippen LogP contribution < -0.4 is 5.32 Å². The predicted molar refractivity (Wildman–Crippen MR) is 118 cm³/mol. The van der Waals surface area contributed by atoms with Gasteiger partial charge in [-0.05, 0) is 43.4 Å². The summed E-state index contributed by atoms with van der Waals surface area (Å²) in [6, 6.07) is 5.46. The Morgan fingerprint density at radius 3 is 2.61 bits per heavy atom. The van der Waals surface area contributed by atoms with Gasteiger partial charge >= 0.3 is 5.97 Å². The van der Waals surface area contributed by atoms with Crippen molar-refractivity contribution in [3.8, 4) is 0 Å². The molecule has 0 fully saturated rings. The molecular formula is C21H24N4O5S. The molecule has 2 heterocycles. The summed E-state index contributed by atoms with van der Waals surface area (Å²) in [4.78, 5) is 42.1. The number of thioether (sulfide) groups is 1. The van der Waals surface area contributed by atoms with Gasteiger partial charge in [0.25, 0.3) is 5.69 Å². The van der Waals surface area contributed by atoms with Crippen LogP contribution in [0.4, 0.5) is 5.69 Å². The number of ether oxygens (including phenoxy) is 1. The van der Waals surface area contributed by atoms with Gasteiger partial charge < -0.3 is 15.0 Å². The first-order valence-electron chi connectivity index (χ1n) is 9.83. The van der Waals surface area contributed by atoms with E-state index in [-0.39, 0.29) is 24.1 Å². The fourth-order valence-corrected chi connectivity index (χ4v) is 4.39. The minimum Gasteiger partial charge on any atom is -0.466 e. The number of non-ortho nitro benzene ring substituents is 1. The molecule has 0 radical (unpaired) electrons. The number of carbonyl (C=O) groups is 2. The number of aliphatic imine (C=N–C) groups is 1. The van der Waals surface area contributed by atoms with E-state index in [9.17, 15) is 19.7 Å². The Morgan fingerprint density at radius 2 is 2.03 bits per heavy atom. The van der Waals surface area contributed by atoms with Gasteiger partial charge in [0.1, 0.15) is 0 Å². The molecule has 1 amide bonds. The minimum atomic E-state index is -0.613. The lowest BCUT2D eigenvalue weighted by Gasteiger charge is -2.36. The Hall–Kier alpha value is -3.14. The van der Waals surface area contributed by atoms with E-state index < -0.39 is 16.9 Å². The average molecular weight is 445 g/mol. The first kappa shape index (κ1) is 22.5. The third-order valence-corrected chi connectivity index (χ3v) is 6.08. The summed E-state index contributed by atoms with van der Waals surface area (Å²) in [5, 5.41) is 16.5. The zero-order valence-corrected chi connectivity index (χ0v) is 18.6. The molecule has 3 rings (SSSR count). The molecule has 31 heavy (non-hydrogen) atoms. The van der Waals surface area contributed by atoms with E-state index >= 15 is 0 Å². The van der Waals surface area contributed by atoms with E-state index in [2.05, 4.69) is 10.3 Å². The van der Waals surface area contributed by atoms with E-state index in [1.807, 2.05) is 24.2 Å². The molecule has 1 aromatic carbocycles. The minimum absolute atomic E-state index is 0.0479. The summed E-state index contributed by atoms with van der Waals surface area (Å²) in [7, 11) is 1.30. The van der Waals surface area contributed by atoms with Gasteiger partial charge in [0, 0.05) is 23.9 Å². The second-order valence-electron chi connectivity index (χ2n) is 7.29. The Bertz CT molecular complexity index is 1000. The van der Waals surface area contributed by atoms with Gasteiger partial charge in [-0.15, -0.1) is 0 Å². The summed E-state index contributed by atoms with van der Waals surface area (Å²) in [5.74, 6) is -0.667. The molecule has 1 N–H and O–H groups in total. The number of hydrogen-bond donors (Lipinski definition) is 1. The second-order valence-corrected chi connectivity index (χ2v) is 8.12. The molecule has 2 atom stereocenters. The van der Waals surface area contributed by atoms with Gasteiger partial charge in [-0.2, -0.15) is 0 Å². The summed E-state index contributed by atoms with van der Waals surface area (Å²) >= 11 is 1.37. The largest absolute Gasteiger partial charge is 0.466 e. The highest BCUT2D eigenvalue weighted by atomic mass is 32.2.